The summed E-state index contributed by atoms with van der Waals surface area (Å²) in [5.74, 6) is 0. The first-order valence-corrected chi connectivity index (χ1v) is 5.24. The van der Waals surface area contributed by atoms with Gasteiger partial charge in [0.15, 0.2) is 0 Å². The van der Waals surface area contributed by atoms with E-state index in [0.717, 1.165) is 0 Å². The second-order valence-electron chi connectivity index (χ2n) is 4.97. The maximum atomic E-state index is 12.1. The minimum Gasteiger partial charge on any atom is -0.444 e. The smallest absolute Gasteiger partial charge is 0.410 e. The van der Waals surface area contributed by atoms with Crippen molar-refractivity contribution in [3.8, 4) is 0 Å². The lowest BCUT2D eigenvalue weighted by atomic mass is 10.00. The summed E-state index contributed by atoms with van der Waals surface area (Å²) in [5.41, 5.74) is 3.71. The Balaban J connectivity index is 2.97. The van der Waals surface area contributed by atoms with Gasteiger partial charge in [0.2, 0.25) is 0 Å². The van der Waals surface area contributed by atoms with E-state index in [1.807, 2.05) is 0 Å². The van der Waals surface area contributed by atoms with Gasteiger partial charge in [-0.3, -0.25) is 0 Å². The van der Waals surface area contributed by atoms with E-state index in [1.54, 1.807) is 20.8 Å². The summed E-state index contributed by atoms with van der Waals surface area (Å²) in [6.45, 7) is 3.25. The van der Waals surface area contributed by atoms with Crippen molar-refractivity contribution in [2.45, 2.75) is 51.6 Å². The molecule has 15 heavy (non-hydrogen) atoms. The van der Waals surface area contributed by atoms with E-state index in [0.29, 0.717) is 19.4 Å². The molecule has 1 atom stereocenters. The number of nitrogens with zero attached hydrogens (tertiary/aromatic N) is 1. The third-order valence-corrected chi connectivity index (χ3v) is 2.44. The maximum Gasteiger partial charge on any atom is 0.410 e. The van der Waals surface area contributed by atoms with E-state index >= 15 is 0 Å². The Kier molecular flexibility index (Phi) is 2.24. The summed E-state index contributed by atoms with van der Waals surface area (Å²) in [6, 6.07) is 0. The molecule has 0 unspecified atom stereocenters. The molecule has 1 aliphatic heterocycles. The van der Waals surface area contributed by atoms with Gasteiger partial charge in [0.1, 0.15) is 5.60 Å². The van der Waals surface area contributed by atoms with Crippen molar-refractivity contribution in [1.29, 1.82) is 0 Å². The predicted molar refractivity (Wildman–Crippen MR) is 59.6 cm³/mol. The summed E-state index contributed by atoms with van der Waals surface area (Å²) in [7, 11) is 0. The van der Waals surface area contributed by atoms with Crippen LogP contribution in [-0.2, 0) is 4.74 Å². The van der Waals surface area contributed by atoms with Gasteiger partial charge in [-0.2, -0.15) is 0 Å². The Morgan fingerprint density at radius 3 is 2.80 bits per heavy atom. The van der Waals surface area contributed by atoms with Crippen LogP contribution in [0.1, 0.15) is 44.6 Å². The molecule has 0 aliphatic carbocycles. The van der Waals surface area contributed by atoms with Gasteiger partial charge in [0.25, 0.3) is 0 Å². The molecule has 4 heteroatoms. The molecule has 1 heterocycles. The summed E-state index contributed by atoms with van der Waals surface area (Å²) >= 11 is 0. The van der Waals surface area contributed by atoms with Crippen molar-refractivity contribution < 1.29 is 13.6 Å². The molecule has 0 saturated carbocycles. The van der Waals surface area contributed by atoms with Crippen molar-refractivity contribution in [1.82, 2.24) is 4.90 Å². The second kappa shape index (κ2) is 4.00. The van der Waals surface area contributed by atoms with Crippen molar-refractivity contribution in [2.75, 3.05) is 13.1 Å². The topological polar surface area (TPSA) is 55.6 Å². The normalized spacial score (nSPS) is 30.7. The van der Waals surface area contributed by atoms with E-state index in [4.69, 9.17) is 14.6 Å². The lowest BCUT2D eigenvalue weighted by Crippen LogP contribution is -2.51. The Morgan fingerprint density at radius 2 is 2.33 bits per heavy atom. The first-order chi connectivity index (χ1) is 8.03. The zero-order chi connectivity index (χ0) is 14.2. The fourth-order valence-corrected chi connectivity index (χ4v) is 1.67. The van der Waals surface area contributed by atoms with Crippen LogP contribution in [0.5, 0.6) is 0 Å². The average molecular weight is 217 g/mol. The predicted octanol–water partition coefficient (Wildman–Crippen LogP) is 1.73. The molecule has 1 rings (SSSR count). The van der Waals surface area contributed by atoms with Gasteiger partial charge in [-0.1, -0.05) is 0 Å². The highest BCUT2D eigenvalue weighted by molar-refractivity contribution is 5.69. The second-order valence-corrected chi connectivity index (χ2v) is 4.97. The molecule has 0 aromatic rings. The highest BCUT2D eigenvalue weighted by Crippen LogP contribution is 2.29. The van der Waals surface area contributed by atoms with Crippen molar-refractivity contribution >= 4 is 6.09 Å². The van der Waals surface area contributed by atoms with Gasteiger partial charge in [-0.25, -0.2) is 4.79 Å². The average Bonchev–Trinajstić information content (AvgIpc) is 2.58. The number of hydrogen-bond donors (Lipinski definition) is 1. The van der Waals surface area contributed by atoms with E-state index in [1.165, 1.54) is 4.90 Å². The largest absolute Gasteiger partial charge is 0.444 e. The summed E-state index contributed by atoms with van der Waals surface area (Å²) in [4.78, 5) is 13.4. The molecule has 1 amide bonds. The van der Waals surface area contributed by atoms with Gasteiger partial charge >= 0.3 is 6.09 Å². The van der Waals surface area contributed by atoms with Crippen molar-refractivity contribution in [3.05, 3.63) is 0 Å². The fourth-order valence-electron chi connectivity index (χ4n) is 1.67. The quantitative estimate of drug-likeness (QED) is 0.728. The molecule has 1 aliphatic rings. The Hall–Kier alpha value is -0.770. The molecular formula is C11H22N2O2. The highest BCUT2D eigenvalue weighted by Gasteiger charge is 2.40. The zero-order valence-electron chi connectivity index (χ0n) is 12.7. The molecule has 0 aromatic heterocycles. The lowest BCUT2D eigenvalue weighted by molar-refractivity contribution is 0.0120. The van der Waals surface area contributed by atoms with Gasteiger partial charge in [0, 0.05) is 17.2 Å². The van der Waals surface area contributed by atoms with Gasteiger partial charge in [0.05, 0.1) is 5.54 Å². The van der Waals surface area contributed by atoms with E-state index in [2.05, 4.69) is 0 Å². The van der Waals surface area contributed by atoms with Crippen LogP contribution in [0.4, 0.5) is 4.79 Å². The molecule has 0 radical (unpaired) electrons. The van der Waals surface area contributed by atoms with Crippen LogP contribution < -0.4 is 5.73 Å². The third kappa shape index (κ3) is 2.84. The molecule has 0 bridgehead atoms. The first kappa shape index (κ1) is 8.39. The molecular weight excluding hydrogens is 192 g/mol. The summed E-state index contributed by atoms with van der Waals surface area (Å²) < 4.78 is 28.2. The molecule has 4 nitrogen and oxygen atoms in total. The number of carbonyl (C=O) groups is 1. The van der Waals surface area contributed by atoms with Crippen LogP contribution >= 0.6 is 0 Å². The zero-order valence-corrected chi connectivity index (χ0v) is 9.67. The molecule has 1 saturated heterocycles. The first-order valence-electron chi connectivity index (χ1n) is 6.74. The number of amides is 1. The molecule has 0 spiro atoms. The number of likely N-dealkylation sites (tertiary alicyclic amines) is 1. The Morgan fingerprint density at radius 1 is 1.67 bits per heavy atom. The van der Waals surface area contributed by atoms with Crippen LogP contribution in [0.3, 0.4) is 0 Å². The van der Waals surface area contributed by atoms with Crippen LogP contribution in [0, 0.1) is 0 Å². The number of hydrogen-bond acceptors (Lipinski definition) is 3. The maximum absolute atomic E-state index is 12.1. The highest BCUT2D eigenvalue weighted by atomic mass is 16.6. The van der Waals surface area contributed by atoms with E-state index in [9.17, 15) is 4.79 Å². The van der Waals surface area contributed by atoms with Gasteiger partial charge in [-0.05, 0) is 40.5 Å². The number of rotatable bonds is 1. The van der Waals surface area contributed by atoms with Gasteiger partial charge in [-0.15, -0.1) is 0 Å². The van der Waals surface area contributed by atoms with Crippen molar-refractivity contribution in [2.24, 2.45) is 5.73 Å². The molecule has 1 fully saturated rings. The van der Waals surface area contributed by atoms with Crippen LogP contribution in [0.2, 0.25) is 0 Å². The minimum atomic E-state index is -2.30. The van der Waals surface area contributed by atoms with E-state index < -0.39 is 24.1 Å². The molecule has 88 valence electrons. The lowest BCUT2D eigenvalue weighted by Gasteiger charge is -2.35. The van der Waals surface area contributed by atoms with Crippen LogP contribution in [0.25, 0.3) is 0 Å². The number of nitrogens with two attached hydrogens (primary N) is 1. The summed E-state index contributed by atoms with van der Waals surface area (Å²) in [5, 5.41) is 0. The van der Waals surface area contributed by atoms with Crippen molar-refractivity contribution in [3.63, 3.8) is 0 Å². The third-order valence-electron chi connectivity index (χ3n) is 2.44. The standard InChI is InChI=1S/C11H22N2O2/c1-10(2,3)15-9(14)13-7-5-6-11(13,4)8-12/h5-8,12H2,1-4H3/t11-/m0/s1/i4D3. The SMILES string of the molecule is [2H]C([2H])([2H])[C@@]1(CN)CCCN1C(=O)OC(C)(C)C. The molecule has 0 aromatic carbocycles. The minimum absolute atomic E-state index is 0.0806. The fraction of sp³-hybridized carbons (Fsp3) is 0.909. The Bertz CT molecular complexity index is 325. The monoisotopic (exact) mass is 217 g/mol. The summed E-state index contributed by atoms with van der Waals surface area (Å²) in [6.07, 6.45) is 0.426. The van der Waals surface area contributed by atoms with Gasteiger partial charge < -0.3 is 15.4 Å². The molecule has 2 N–H and O–H groups in total. The Labute approximate surface area is 96.0 Å². The number of ether oxygens (including phenoxy) is 1. The van der Waals surface area contributed by atoms with Crippen LogP contribution in [-0.4, -0.2) is 35.2 Å². The van der Waals surface area contributed by atoms with Crippen LogP contribution in [0.15, 0.2) is 0 Å². The van der Waals surface area contributed by atoms with E-state index in [-0.39, 0.29) is 6.54 Å². The number of carbonyl (C=O) groups excluding carboxylic acids is 1.